The Kier molecular flexibility index (Phi) is 5.47. The Morgan fingerprint density at radius 3 is 2.74 bits per heavy atom. The van der Waals surface area contributed by atoms with Crippen LogP contribution in [0.3, 0.4) is 0 Å². The van der Waals surface area contributed by atoms with Crippen molar-refractivity contribution in [3.63, 3.8) is 0 Å². The number of aromatic nitrogens is 2. The van der Waals surface area contributed by atoms with Crippen molar-refractivity contribution >= 4 is 51.1 Å². The van der Waals surface area contributed by atoms with E-state index < -0.39 is 0 Å². The molecule has 5 heteroatoms. The van der Waals surface area contributed by atoms with E-state index in [1.165, 1.54) is 49.1 Å². The maximum absolute atomic E-state index is 12.5. The minimum absolute atomic E-state index is 0.237. The number of benzene rings is 2. The molecular weight excluding hydrogens is 406 g/mol. The minimum atomic E-state index is -0.237. The first-order valence-electron chi connectivity index (χ1n) is 10.8. The van der Waals surface area contributed by atoms with Crippen molar-refractivity contribution < 1.29 is 4.79 Å². The largest absolute Gasteiger partial charge is 0.344 e. The Hall–Kier alpha value is -3.11. The summed E-state index contributed by atoms with van der Waals surface area (Å²) in [5.41, 5.74) is 3.57. The van der Waals surface area contributed by atoms with Crippen LogP contribution in [0.25, 0.3) is 27.9 Å². The second-order valence-electron chi connectivity index (χ2n) is 8.18. The van der Waals surface area contributed by atoms with Gasteiger partial charge in [-0.2, -0.15) is 0 Å². The lowest BCUT2D eigenvalue weighted by molar-refractivity contribution is -0.111. The molecule has 0 unspecified atom stereocenters. The Labute approximate surface area is 186 Å². The van der Waals surface area contributed by atoms with E-state index in [1.807, 2.05) is 36.4 Å². The van der Waals surface area contributed by atoms with E-state index >= 15 is 0 Å². The second-order valence-corrected chi connectivity index (χ2v) is 8.53. The Morgan fingerprint density at radius 1 is 1.03 bits per heavy atom. The van der Waals surface area contributed by atoms with E-state index in [9.17, 15) is 4.79 Å². The number of amides is 1. The average molecular weight is 430 g/mol. The lowest BCUT2D eigenvalue weighted by Gasteiger charge is -2.24. The van der Waals surface area contributed by atoms with Crippen molar-refractivity contribution in [2.24, 2.45) is 0 Å². The normalized spacial score (nSPS) is 15.1. The summed E-state index contributed by atoms with van der Waals surface area (Å²) in [4.78, 5) is 16.8. The maximum Gasteiger partial charge on any atom is 0.248 e. The molecule has 0 atom stereocenters. The summed E-state index contributed by atoms with van der Waals surface area (Å²) in [6.07, 6.45) is 12.1. The highest BCUT2D eigenvalue weighted by atomic mass is 35.5. The molecule has 1 aliphatic carbocycles. The summed E-state index contributed by atoms with van der Waals surface area (Å²) in [6, 6.07) is 18.7. The molecule has 0 radical (unpaired) electrons. The molecule has 4 nitrogen and oxygen atoms in total. The van der Waals surface area contributed by atoms with Crippen LogP contribution >= 0.6 is 11.6 Å². The van der Waals surface area contributed by atoms with Gasteiger partial charge in [-0.3, -0.25) is 4.79 Å². The van der Waals surface area contributed by atoms with Gasteiger partial charge in [0.15, 0.2) is 5.15 Å². The highest BCUT2D eigenvalue weighted by molar-refractivity contribution is 6.33. The summed E-state index contributed by atoms with van der Waals surface area (Å²) in [5, 5.41) is 5.25. The number of hydrogen-bond acceptors (Lipinski definition) is 2. The molecule has 0 spiro atoms. The zero-order valence-corrected chi connectivity index (χ0v) is 18.0. The highest BCUT2D eigenvalue weighted by Crippen LogP contribution is 2.32. The molecular formula is C26H24ClN3O. The fourth-order valence-corrected chi connectivity index (χ4v) is 4.68. The molecule has 31 heavy (non-hydrogen) atoms. The first-order valence-corrected chi connectivity index (χ1v) is 11.2. The van der Waals surface area contributed by atoms with Gasteiger partial charge >= 0.3 is 0 Å². The molecule has 0 aliphatic heterocycles. The topological polar surface area (TPSA) is 46.9 Å². The number of hydrogen-bond donors (Lipinski definition) is 1. The number of rotatable bonds is 4. The van der Waals surface area contributed by atoms with Gasteiger partial charge in [0.2, 0.25) is 5.91 Å². The number of anilines is 1. The predicted octanol–water partition coefficient (Wildman–Crippen LogP) is 7.00. The number of nitrogens with one attached hydrogen (secondary N) is 1. The summed E-state index contributed by atoms with van der Waals surface area (Å²) in [6.45, 7) is 0. The SMILES string of the molecule is O=C(C=Cc1ccc2c(ccn2C2CCCCC2)c1)Nc1cc2ccccc2nc1Cl. The molecule has 1 amide bonds. The first-order chi connectivity index (χ1) is 15.2. The van der Waals surface area contributed by atoms with Crippen LogP contribution in [0.15, 0.2) is 66.9 Å². The summed E-state index contributed by atoms with van der Waals surface area (Å²) < 4.78 is 2.42. The molecule has 2 heterocycles. The molecule has 2 aromatic heterocycles. The molecule has 2 aromatic carbocycles. The van der Waals surface area contributed by atoms with Gasteiger partial charge in [-0.25, -0.2) is 4.98 Å². The highest BCUT2D eigenvalue weighted by Gasteiger charge is 2.16. The molecule has 0 bridgehead atoms. The molecule has 0 saturated heterocycles. The smallest absolute Gasteiger partial charge is 0.248 e. The third-order valence-corrected chi connectivity index (χ3v) is 6.36. The Morgan fingerprint density at radius 2 is 1.87 bits per heavy atom. The maximum atomic E-state index is 12.5. The molecule has 1 aliphatic rings. The molecule has 156 valence electrons. The third kappa shape index (κ3) is 4.21. The fraction of sp³-hybridized carbons (Fsp3) is 0.231. The lowest BCUT2D eigenvalue weighted by atomic mass is 9.95. The van der Waals surface area contributed by atoms with Gasteiger partial charge in [0.05, 0.1) is 11.2 Å². The number of nitrogens with zero attached hydrogens (tertiary/aromatic N) is 2. The molecule has 1 fully saturated rings. The van der Waals surface area contributed by atoms with Gasteiger partial charge in [0.1, 0.15) is 0 Å². The number of carbonyl (C=O) groups is 1. The zero-order chi connectivity index (χ0) is 21.2. The van der Waals surface area contributed by atoms with E-state index in [4.69, 9.17) is 11.6 Å². The van der Waals surface area contributed by atoms with Gasteiger partial charge in [-0.1, -0.05) is 55.1 Å². The lowest BCUT2D eigenvalue weighted by Crippen LogP contribution is -2.11. The van der Waals surface area contributed by atoms with E-state index in [0.29, 0.717) is 11.7 Å². The Bertz CT molecular complexity index is 1280. The molecule has 1 saturated carbocycles. The van der Waals surface area contributed by atoms with Crippen molar-refractivity contribution in [2.75, 3.05) is 5.32 Å². The van der Waals surface area contributed by atoms with Gasteiger partial charge in [-0.15, -0.1) is 0 Å². The first kappa shape index (κ1) is 19.8. The molecule has 4 aromatic rings. The summed E-state index contributed by atoms with van der Waals surface area (Å²) in [7, 11) is 0. The fourth-order valence-electron chi connectivity index (χ4n) is 4.49. The number of pyridine rings is 1. The van der Waals surface area contributed by atoms with E-state index in [-0.39, 0.29) is 11.1 Å². The third-order valence-electron chi connectivity index (χ3n) is 6.08. The van der Waals surface area contributed by atoms with Gasteiger partial charge in [0, 0.05) is 34.6 Å². The van der Waals surface area contributed by atoms with Crippen LogP contribution in [-0.4, -0.2) is 15.5 Å². The van der Waals surface area contributed by atoms with Gasteiger partial charge < -0.3 is 9.88 Å². The quantitative estimate of drug-likeness (QED) is 0.280. The van der Waals surface area contributed by atoms with Gasteiger partial charge in [0.25, 0.3) is 0 Å². The van der Waals surface area contributed by atoms with Crippen molar-refractivity contribution in [2.45, 2.75) is 38.1 Å². The Balaban J connectivity index is 1.32. The minimum Gasteiger partial charge on any atom is -0.344 e. The van der Waals surface area contributed by atoms with Crippen LogP contribution < -0.4 is 5.32 Å². The van der Waals surface area contributed by atoms with Crippen LogP contribution in [0.5, 0.6) is 0 Å². The van der Waals surface area contributed by atoms with Crippen LogP contribution in [0.4, 0.5) is 5.69 Å². The second kappa shape index (κ2) is 8.56. The number of fused-ring (bicyclic) bond motifs is 2. The van der Waals surface area contributed by atoms with Crippen molar-refractivity contribution in [3.05, 3.63) is 77.6 Å². The monoisotopic (exact) mass is 429 g/mol. The van der Waals surface area contributed by atoms with Crippen molar-refractivity contribution in [1.29, 1.82) is 0 Å². The van der Waals surface area contributed by atoms with Crippen LogP contribution in [0.1, 0.15) is 43.7 Å². The summed E-state index contributed by atoms with van der Waals surface area (Å²) in [5.74, 6) is -0.237. The van der Waals surface area contributed by atoms with E-state index in [0.717, 1.165) is 16.5 Å². The summed E-state index contributed by atoms with van der Waals surface area (Å²) >= 11 is 6.24. The number of halogens is 1. The van der Waals surface area contributed by atoms with Crippen LogP contribution in [0, 0.1) is 0 Å². The van der Waals surface area contributed by atoms with Crippen LogP contribution in [-0.2, 0) is 4.79 Å². The average Bonchev–Trinajstić information content (AvgIpc) is 3.22. The van der Waals surface area contributed by atoms with E-state index in [2.05, 4.69) is 45.3 Å². The van der Waals surface area contributed by atoms with Crippen molar-refractivity contribution in [3.8, 4) is 0 Å². The predicted molar refractivity (Wildman–Crippen MR) is 128 cm³/mol. The van der Waals surface area contributed by atoms with E-state index in [1.54, 1.807) is 0 Å². The van der Waals surface area contributed by atoms with Crippen LogP contribution in [0.2, 0.25) is 5.15 Å². The van der Waals surface area contributed by atoms with Crippen molar-refractivity contribution in [1.82, 2.24) is 9.55 Å². The standard InChI is InChI=1S/C26H24ClN3O/c27-26-23(17-19-6-4-5-9-22(19)29-26)28-25(31)13-11-18-10-12-24-20(16-18)14-15-30(24)21-7-2-1-3-8-21/h4-6,9-17,21H,1-3,7-8H2,(H,28,31). The zero-order valence-electron chi connectivity index (χ0n) is 17.2. The molecule has 5 rings (SSSR count). The van der Waals surface area contributed by atoms with Gasteiger partial charge in [-0.05, 0) is 54.8 Å². The molecule has 1 N–H and O–H groups in total. The number of carbonyl (C=O) groups excluding carboxylic acids is 1. The number of para-hydroxylation sites is 1.